The third-order valence-corrected chi connectivity index (χ3v) is 3.71. The van der Waals surface area contributed by atoms with Crippen molar-refractivity contribution in [1.82, 2.24) is 24.4 Å². The smallest absolute Gasteiger partial charge is 0.147 e. The van der Waals surface area contributed by atoms with Gasteiger partial charge in [-0.1, -0.05) is 0 Å². The molecule has 0 atom stereocenters. The molecule has 3 rings (SSSR count). The van der Waals surface area contributed by atoms with Crippen LogP contribution in [0.1, 0.15) is 18.6 Å². The van der Waals surface area contributed by atoms with Gasteiger partial charge in [0, 0.05) is 31.3 Å². The molecule has 0 radical (unpaired) electrons. The Kier molecular flexibility index (Phi) is 4.69. The van der Waals surface area contributed by atoms with Crippen LogP contribution in [-0.2, 0) is 19.6 Å². The number of halogens is 1. The first-order valence-corrected chi connectivity index (χ1v) is 7.74. The quantitative estimate of drug-likeness (QED) is 0.753. The van der Waals surface area contributed by atoms with Gasteiger partial charge >= 0.3 is 0 Å². The van der Waals surface area contributed by atoms with Crippen LogP contribution < -0.4 is 5.73 Å². The van der Waals surface area contributed by atoms with E-state index in [2.05, 4.69) is 15.0 Å². The Morgan fingerprint density at radius 1 is 1.25 bits per heavy atom. The van der Waals surface area contributed by atoms with Crippen LogP contribution in [0, 0.1) is 5.82 Å². The van der Waals surface area contributed by atoms with E-state index in [0.717, 1.165) is 16.9 Å². The summed E-state index contributed by atoms with van der Waals surface area (Å²) in [5, 5.41) is 0. The van der Waals surface area contributed by atoms with Gasteiger partial charge in [-0.2, -0.15) is 0 Å². The summed E-state index contributed by atoms with van der Waals surface area (Å²) in [6, 6.07) is 6.41. The summed E-state index contributed by atoms with van der Waals surface area (Å²) < 4.78 is 15.5. The zero-order chi connectivity index (χ0) is 16.9. The highest BCUT2D eigenvalue weighted by Crippen LogP contribution is 2.19. The van der Waals surface area contributed by atoms with Gasteiger partial charge in [-0.25, -0.2) is 19.3 Å². The molecule has 24 heavy (non-hydrogen) atoms. The van der Waals surface area contributed by atoms with Gasteiger partial charge in [-0.15, -0.1) is 0 Å². The Labute approximate surface area is 139 Å². The third-order valence-electron chi connectivity index (χ3n) is 3.71. The van der Waals surface area contributed by atoms with E-state index in [9.17, 15) is 4.39 Å². The lowest BCUT2D eigenvalue weighted by Crippen LogP contribution is -2.21. The van der Waals surface area contributed by atoms with Crippen molar-refractivity contribution in [2.45, 2.75) is 26.6 Å². The molecule has 2 aromatic heterocycles. The van der Waals surface area contributed by atoms with Crippen LogP contribution in [0.15, 0.2) is 49.1 Å². The predicted molar refractivity (Wildman–Crippen MR) is 90.0 cm³/mol. The van der Waals surface area contributed by atoms with Crippen LogP contribution in [0.4, 0.5) is 4.39 Å². The van der Waals surface area contributed by atoms with Crippen LogP contribution in [-0.4, -0.2) is 24.4 Å². The van der Waals surface area contributed by atoms with E-state index >= 15 is 0 Å². The first kappa shape index (κ1) is 15.9. The molecule has 7 heteroatoms. The van der Waals surface area contributed by atoms with Crippen LogP contribution in [0.25, 0.3) is 11.0 Å². The maximum Gasteiger partial charge on any atom is 0.147 e. The second-order valence-electron chi connectivity index (χ2n) is 5.32. The van der Waals surface area contributed by atoms with Gasteiger partial charge in [0.15, 0.2) is 0 Å². The zero-order valence-electron chi connectivity index (χ0n) is 13.4. The maximum atomic E-state index is 13.5. The lowest BCUT2D eigenvalue weighted by Gasteiger charge is -2.19. The van der Waals surface area contributed by atoms with Gasteiger partial charge in [-0.05, 0) is 31.2 Å². The van der Waals surface area contributed by atoms with Crippen molar-refractivity contribution >= 4 is 11.0 Å². The zero-order valence-corrected chi connectivity index (χ0v) is 13.4. The molecule has 0 saturated carbocycles. The van der Waals surface area contributed by atoms with E-state index in [1.54, 1.807) is 30.7 Å². The SMILES string of the molecule is CCn1c(CN(/C=C\N)Cc2ncccn2)nc2ccc(F)cc21. The number of aromatic nitrogens is 4. The number of rotatable bonds is 6. The van der Waals surface area contributed by atoms with Gasteiger partial charge in [0.1, 0.15) is 17.5 Å². The standard InChI is InChI=1S/C17H19FN6/c1-2-24-15-10-13(18)4-5-14(15)22-17(24)12-23(9-6-19)11-16-20-7-3-8-21-16/h3-10H,2,11-12,19H2,1H3/b9-6-. The highest BCUT2D eigenvalue weighted by atomic mass is 19.1. The van der Waals surface area contributed by atoms with E-state index in [1.165, 1.54) is 18.3 Å². The number of hydrogen-bond donors (Lipinski definition) is 1. The molecule has 0 bridgehead atoms. The summed E-state index contributed by atoms with van der Waals surface area (Å²) in [5.74, 6) is 1.27. The monoisotopic (exact) mass is 326 g/mol. The molecule has 0 spiro atoms. The molecule has 1 aromatic carbocycles. The fraction of sp³-hybridized carbons (Fsp3) is 0.235. The minimum Gasteiger partial charge on any atom is -0.403 e. The predicted octanol–water partition coefficient (Wildman–Crippen LogP) is 2.42. The van der Waals surface area contributed by atoms with Crippen molar-refractivity contribution in [1.29, 1.82) is 0 Å². The second-order valence-corrected chi connectivity index (χ2v) is 5.32. The second kappa shape index (κ2) is 7.08. The molecule has 6 nitrogen and oxygen atoms in total. The number of nitrogens with zero attached hydrogens (tertiary/aromatic N) is 5. The molecule has 3 aromatic rings. The minimum atomic E-state index is -0.264. The summed E-state index contributed by atoms with van der Waals surface area (Å²) in [7, 11) is 0. The molecular formula is C17H19FN6. The Morgan fingerprint density at radius 2 is 2.04 bits per heavy atom. The molecule has 0 amide bonds. The van der Waals surface area contributed by atoms with E-state index in [-0.39, 0.29) is 5.82 Å². The Morgan fingerprint density at radius 3 is 2.75 bits per heavy atom. The van der Waals surface area contributed by atoms with E-state index in [4.69, 9.17) is 5.73 Å². The topological polar surface area (TPSA) is 72.9 Å². The number of nitrogens with two attached hydrogens (primary N) is 1. The van der Waals surface area contributed by atoms with Crippen molar-refractivity contribution in [3.8, 4) is 0 Å². The van der Waals surface area contributed by atoms with Crippen molar-refractivity contribution in [3.63, 3.8) is 0 Å². The molecule has 0 aliphatic carbocycles. The summed E-state index contributed by atoms with van der Waals surface area (Å²) in [5.41, 5.74) is 7.13. The average molecular weight is 326 g/mol. The number of benzene rings is 1. The first-order chi connectivity index (χ1) is 11.7. The Balaban J connectivity index is 1.90. The molecule has 2 heterocycles. The van der Waals surface area contributed by atoms with Crippen LogP contribution in [0.3, 0.4) is 0 Å². The molecule has 0 unspecified atom stereocenters. The molecule has 124 valence electrons. The molecule has 0 saturated heterocycles. The van der Waals surface area contributed by atoms with Gasteiger partial charge in [0.2, 0.25) is 0 Å². The van der Waals surface area contributed by atoms with Crippen molar-refractivity contribution in [2.24, 2.45) is 5.73 Å². The highest BCUT2D eigenvalue weighted by molar-refractivity contribution is 5.76. The van der Waals surface area contributed by atoms with Gasteiger partial charge in [0.25, 0.3) is 0 Å². The van der Waals surface area contributed by atoms with Crippen molar-refractivity contribution in [3.05, 3.63) is 66.5 Å². The Bertz CT molecular complexity index is 843. The van der Waals surface area contributed by atoms with Crippen molar-refractivity contribution < 1.29 is 4.39 Å². The number of hydrogen-bond acceptors (Lipinski definition) is 5. The minimum absolute atomic E-state index is 0.264. The lowest BCUT2D eigenvalue weighted by molar-refractivity contribution is 0.337. The Hall–Kier alpha value is -2.96. The first-order valence-electron chi connectivity index (χ1n) is 7.74. The van der Waals surface area contributed by atoms with E-state index < -0.39 is 0 Å². The summed E-state index contributed by atoms with van der Waals surface area (Å²) in [6.45, 7) is 3.75. The number of imidazole rings is 1. The fourth-order valence-corrected chi connectivity index (χ4v) is 2.68. The normalized spacial score (nSPS) is 11.4. The summed E-state index contributed by atoms with van der Waals surface area (Å²) in [4.78, 5) is 15.1. The molecule has 0 aliphatic rings. The fourth-order valence-electron chi connectivity index (χ4n) is 2.68. The highest BCUT2D eigenvalue weighted by Gasteiger charge is 2.13. The maximum absolute atomic E-state index is 13.5. The summed E-state index contributed by atoms with van der Waals surface area (Å²) >= 11 is 0. The number of fused-ring (bicyclic) bond motifs is 1. The van der Waals surface area contributed by atoms with Gasteiger partial charge in [0.05, 0.1) is 24.1 Å². The molecular weight excluding hydrogens is 307 g/mol. The largest absolute Gasteiger partial charge is 0.403 e. The average Bonchev–Trinajstić information content (AvgIpc) is 2.92. The molecule has 0 fully saturated rings. The van der Waals surface area contributed by atoms with Gasteiger partial charge < -0.3 is 15.2 Å². The lowest BCUT2D eigenvalue weighted by atomic mass is 10.3. The van der Waals surface area contributed by atoms with Crippen LogP contribution >= 0.6 is 0 Å². The van der Waals surface area contributed by atoms with Crippen molar-refractivity contribution in [2.75, 3.05) is 0 Å². The molecule has 2 N–H and O–H groups in total. The van der Waals surface area contributed by atoms with Crippen LogP contribution in [0.5, 0.6) is 0 Å². The van der Waals surface area contributed by atoms with E-state index in [1.807, 2.05) is 16.4 Å². The number of aryl methyl sites for hydroxylation is 1. The molecule has 0 aliphatic heterocycles. The summed E-state index contributed by atoms with van der Waals surface area (Å²) in [6.07, 6.45) is 6.66. The van der Waals surface area contributed by atoms with E-state index in [0.29, 0.717) is 25.5 Å². The van der Waals surface area contributed by atoms with Crippen LogP contribution in [0.2, 0.25) is 0 Å². The van der Waals surface area contributed by atoms with Gasteiger partial charge in [-0.3, -0.25) is 0 Å². The third kappa shape index (κ3) is 3.34.